The Labute approximate surface area is 117 Å². The van der Waals surface area contributed by atoms with Crippen molar-refractivity contribution < 1.29 is 0 Å². The van der Waals surface area contributed by atoms with Gasteiger partial charge in [-0.05, 0) is 25.7 Å². The molecular weight excluding hydrogens is 260 g/mol. The Balaban J connectivity index is 2.08. The van der Waals surface area contributed by atoms with Gasteiger partial charge in [-0.3, -0.25) is 0 Å². The Morgan fingerprint density at radius 1 is 1.32 bits per heavy atom. The van der Waals surface area contributed by atoms with Gasteiger partial charge in [-0.2, -0.15) is 0 Å². The van der Waals surface area contributed by atoms with E-state index in [2.05, 4.69) is 33.4 Å². The van der Waals surface area contributed by atoms with Crippen LogP contribution in [0.2, 0.25) is 5.15 Å². The van der Waals surface area contributed by atoms with E-state index in [1.165, 1.54) is 12.8 Å². The second kappa shape index (κ2) is 4.60. The topological polar surface area (TPSA) is 43.6 Å². The quantitative estimate of drug-likeness (QED) is 0.802. The zero-order valence-electron chi connectivity index (χ0n) is 11.4. The number of hydrogen-bond donors (Lipinski definition) is 0. The molecule has 0 saturated heterocycles. The van der Waals surface area contributed by atoms with E-state index >= 15 is 0 Å². The maximum atomic E-state index is 6.31. The molecule has 0 unspecified atom stereocenters. The number of aryl methyl sites for hydroxylation is 1. The van der Waals surface area contributed by atoms with Gasteiger partial charge < -0.3 is 4.57 Å². The van der Waals surface area contributed by atoms with Crippen molar-refractivity contribution in [3.63, 3.8) is 0 Å². The van der Waals surface area contributed by atoms with Gasteiger partial charge in [0.05, 0.1) is 12.5 Å². The molecule has 3 rings (SSSR count). The van der Waals surface area contributed by atoms with Crippen LogP contribution in [0.25, 0.3) is 11.5 Å². The summed E-state index contributed by atoms with van der Waals surface area (Å²) in [6.45, 7) is 6.20. The van der Waals surface area contributed by atoms with Crippen molar-refractivity contribution in [3.05, 3.63) is 28.9 Å². The van der Waals surface area contributed by atoms with E-state index < -0.39 is 0 Å². The first kappa shape index (κ1) is 12.6. The number of rotatable bonds is 3. The largest absolute Gasteiger partial charge is 0.325 e. The Morgan fingerprint density at radius 2 is 2.05 bits per heavy atom. The zero-order chi connectivity index (χ0) is 13.6. The normalized spacial score (nSPS) is 15.2. The summed E-state index contributed by atoms with van der Waals surface area (Å²) in [7, 11) is 0. The maximum Gasteiger partial charge on any atom is 0.179 e. The third-order valence-corrected chi connectivity index (χ3v) is 3.79. The van der Waals surface area contributed by atoms with Crippen LogP contribution in [0.3, 0.4) is 0 Å². The fourth-order valence-electron chi connectivity index (χ4n) is 2.44. The molecule has 5 heteroatoms. The molecule has 0 amide bonds. The number of aromatic nitrogens is 4. The van der Waals surface area contributed by atoms with Gasteiger partial charge in [0.2, 0.25) is 0 Å². The predicted molar refractivity (Wildman–Crippen MR) is 75.4 cm³/mol. The summed E-state index contributed by atoms with van der Waals surface area (Å²) < 4.78 is 2.15. The molecule has 100 valence electrons. The maximum absolute atomic E-state index is 6.31. The summed E-state index contributed by atoms with van der Waals surface area (Å²) in [6, 6.07) is 0.560. The second-order valence-corrected chi connectivity index (χ2v) is 5.77. The number of imidazole rings is 1. The molecular formula is C14H17ClN4. The Kier molecular flexibility index (Phi) is 3.05. The molecule has 0 bridgehead atoms. The molecule has 19 heavy (non-hydrogen) atoms. The lowest BCUT2D eigenvalue weighted by molar-refractivity contribution is 0.741. The highest BCUT2D eigenvalue weighted by Crippen LogP contribution is 2.38. The molecule has 2 aromatic rings. The van der Waals surface area contributed by atoms with Crippen LogP contribution < -0.4 is 0 Å². The van der Waals surface area contributed by atoms with Crippen LogP contribution in [0, 0.1) is 6.92 Å². The van der Waals surface area contributed by atoms with Crippen LogP contribution >= 0.6 is 11.6 Å². The number of nitrogens with zero attached hydrogens (tertiary/aromatic N) is 4. The molecule has 0 aliphatic heterocycles. The summed E-state index contributed by atoms with van der Waals surface area (Å²) >= 11 is 6.31. The molecule has 1 saturated carbocycles. The third kappa shape index (κ3) is 2.25. The van der Waals surface area contributed by atoms with Crippen LogP contribution in [-0.4, -0.2) is 19.5 Å². The summed E-state index contributed by atoms with van der Waals surface area (Å²) in [5.74, 6) is 1.01. The molecule has 4 nitrogen and oxygen atoms in total. The average molecular weight is 277 g/mol. The molecule has 1 aliphatic carbocycles. The van der Waals surface area contributed by atoms with Crippen LogP contribution in [0.15, 0.2) is 12.5 Å². The van der Waals surface area contributed by atoms with Crippen LogP contribution in [-0.2, 0) is 0 Å². The van der Waals surface area contributed by atoms with Gasteiger partial charge in [-0.15, -0.1) is 0 Å². The Morgan fingerprint density at radius 3 is 2.63 bits per heavy atom. The summed E-state index contributed by atoms with van der Waals surface area (Å²) in [5, 5.41) is 0.557. The van der Waals surface area contributed by atoms with Gasteiger partial charge in [0.1, 0.15) is 10.8 Å². The monoisotopic (exact) mass is 276 g/mol. The fourth-order valence-corrected chi connectivity index (χ4v) is 2.87. The highest BCUT2D eigenvalue weighted by atomic mass is 35.5. The minimum absolute atomic E-state index is 0.329. The van der Waals surface area contributed by atoms with E-state index in [1.54, 1.807) is 0 Å². The minimum Gasteiger partial charge on any atom is -0.325 e. The van der Waals surface area contributed by atoms with Gasteiger partial charge in [-0.1, -0.05) is 25.4 Å². The molecule has 1 fully saturated rings. The van der Waals surface area contributed by atoms with Crippen LogP contribution in [0.1, 0.15) is 49.9 Å². The summed E-state index contributed by atoms with van der Waals surface area (Å²) in [4.78, 5) is 13.3. The highest BCUT2D eigenvalue weighted by Gasteiger charge is 2.27. The lowest BCUT2D eigenvalue weighted by Crippen LogP contribution is -2.04. The van der Waals surface area contributed by atoms with Gasteiger partial charge in [-0.25, -0.2) is 15.0 Å². The van der Waals surface area contributed by atoms with Gasteiger partial charge >= 0.3 is 0 Å². The first-order valence-electron chi connectivity index (χ1n) is 6.64. The summed E-state index contributed by atoms with van der Waals surface area (Å²) in [6.07, 6.45) is 6.09. The first-order chi connectivity index (χ1) is 9.08. The number of hydrogen-bond acceptors (Lipinski definition) is 3. The first-order valence-corrected chi connectivity index (χ1v) is 7.02. The van der Waals surface area contributed by atoms with E-state index in [-0.39, 0.29) is 0 Å². The number of halogens is 1. The SMILES string of the molecule is Cc1nc(-c2cncn2C2CC2)nc(Cl)c1C(C)C. The van der Waals surface area contributed by atoms with Crippen molar-refractivity contribution in [2.24, 2.45) is 0 Å². The van der Waals surface area contributed by atoms with E-state index in [9.17, 15) is 0 Å². The fraction of sp³-hybridized carbons (Fsp3) is 0.500. The molecule has 0 aromatic carbocycles. The second-order valence-electron chi connectivity index (χ2n) is 5.41. The Hall–Kier alpha value is -1.42. The molecule has 0 atom stereocenters. The molecule has 2 aromatic heterocycles. The van der Waals surface area contributed by atoms with E-state index in [0.29, 0.717) is 22.9 Å². The molecule has 0 radical (unpaired) electrons. The van der Waals surface area contributed by atoms with Crippen LogP contribution in [0.5, 0.6) is 0 Å². The van der Waals surface area contributed by atoms with Gasteiger partial charge in [0.25, 0.3) is 0 Å². The molecule has 1 aliphatic rings. The molecule has 0 spiro atoms. The summed E-state index contributed by atoms with van der Waals surface area (Å²) in [5.41, 5.74) is 2.94. The van der Waals surface area contributed by atoms with E-state index in [1.807, 2.05) is 19.4 Å². The third-order valence-electron chi connectivity index (χ3n) is 3.50. The van der Waals surface area contributed by atoms with Gasteiger partial charge in [0, 0.05) is 17.3 Å². The average Bonchev–Trinajstić information content (AvgIpc) is 3.05. The van der Waals surface area contributed by atoms with Gasteiger partial charge in [0.15, 0.2) is 5.82 Å². The zero-order valence-corrected chi connectivity index (χ0v) is 12.1. The van der Waals surface area contributed by atoms with Crippen molar-refractivity contribution in [3.8, 4) is 11.5 Å². The smallest absolute Gasteiger partial charge is 0.179 e. The van der Waals surface area contributed by atoms with Crippen molar-refractivity contribution in [2.75, 3.05) is 0 Å². The molecule has 0 N–H and O–H groups in total. The van der Waals surface area contributed by atoms with Crippen molar-refractivity contribution in [1.29, 1.82) is 0 Å². The lowest BCUT2D eigenvalue weighted by Gasteiger charge is -2.13. The Bertz CT molecular complexity index is 591. The lowest BCUT2D eigenvalue weighted by atomic mass is 10.0. The predicted octanol–water partition coefficient (Wildman–Crippen LogP) is 3.76. The van der Waals surface area contributed by atoms with Crippen molar-refractivity contribution in [2.45, 2.75) is 45.6 Å². The van der Waals surface area contributed by atoms with Crippen molar-refractivity contribution in [1.82, 2.24) is 19.5 Å². The van der Waals surface area contributed by atoms with Crippen molar-refractivity contribution >= 4 is 11.6 Å². The van der Waals surface area contributed by atoms with E-state index in [4.69, 9.17) is 11.6 Å². The van der Waals surface area contributed by atoms with E-state index in [0.717, 1.165) is 17.0 Å². The van der Waals surface area contributed by atoms with Crippen LogP contribution in [0.4, 0.5) is 0 Å². The standard InChI is InChI=1S/C14H17ClN4/c1-8(2)12-9(3)17-14(18-13(12)15)11-6-16-7-19(11)10-4-5-10/h6-8,10H,4-5H2,1-3H3. The minimum atomic E-state index is 0.329. The highest BCUT2D eigenvalue weighted by molar-refractivity contribution is 6.30. The molecule has 2 heterocycles.